The Morgan fingerprint density at radius 2 is 0.972 bits per heavy atom. The lowest BCUT2D eigenvalue weighted by atomic mass is 9.87. The molecule has 208 valence electrons. The zero-order chi connectivity index (χ0) is 29.0. The summed E-state index contributed by atoms with van der Waals surface area (Å²) in [6.07, 6.45) is -7.40. The van der Waals surface area contributed by atoms with Gasteiger partial charge >= 0.3 is 54.8 Å². The zero-order valence-corrected chi connectivity index (χ0v) is 16.1. The van der Waals surface area contributed by atoms with Crippen molar-refractivity contribution in [1.82, 2.24) is 9.97 Å². The fraction of sp³-hybridized carbons (Fsp3) is 0.692. The molecule has 0 bridgehead atoms. The first kappa shape index (κ1) is 31.7. The predicted molar refractivity (Wildman–Crippen MR) is 78.0 cm³/mol. The van der Waals surface area contributed by atoms with Gasteiger partial charge in [-0.1, -0.05) is 0 Å². The molecule has 36 heavy (non-hydrogen) atoms. The molecule has 0 aliphatic carbocycles. The number of alkyl halides is 17. The molecular formula is C13H6BF17N2O3. The van der Waals surface area contributed by atoms with Gasteiger partial charge < -0.3 is 14.8 Å². The van der Waals surface area contributed by atoms with Crippen LogP contribution in [0.25, 0.3) is 0 Å². The zero-order valence-electron chi connectivity index (χ0n) is 16.1. The van der Waals surface area contributed by atoms with Crippen LogP contribution in [0, 0.1) is 0 Å². The first-order chi connectivity index (χ1) is 15.6. The molecule has 1 heterocycles. The lowest BCUT2D eigenvalue weighted by Crippen LogP contribution is -2.74. The Morgan fingerprint density at radius 1 is 0.583 bits per heavy atom. The van der Waals surface area contributed by atoms with Gasteiger partial charge in [0.1, 0.15) is 0 Å². The van der Waals surface area contributed by atoms with Crippen LogP contribution in [0.15, 0.2) is 12.4 Å². The van der Waals surface area contributed by atoms with Crippen molar-refractivity contribution in [3.8, 4) is 5.88 Å². The third-order valence-electron chi connectivity index (χ3n) is 4.10. The van der Waals surface area contributed by atoms with Crippen molar-refractivity contribution >= 4 is 12.7 Å². The maximum absolute atomic E-state index is 13.7. The summed E-state index contributed by atoms with van der Waals surface area (Å²) in [4.78, 5) is 5.89. The number of hydrogen-bond acceptors (Lipinski definition) is 5. The van der Waals surface area contributed by atoms with Gasteiger partial charge in [0.25, 0.3) is 0 Å². The van der Waals surface area contributed by atoms with Crippen LogP contribution in [0.1, 0.15) is 0 Å². The van der Waals surface area contributed by atoms with E-state index in [9.17, 15) is 74.6 Å². The molecule has 5 nitrogen and oxygen atoms in total. The Labute approximate surface area is 186 Å². The molecule has 0 spiro atoms. The first-order valence-electron chi connectivity index (χ1n) is 8.16. The minimum atomic E-state index is -8.71. The molecule has 0 saturated carbocycles. The van der Waals surface area contributed by atoms with Crippen LogP contribution < -0.4 is 10.3 Å². The van der Waals surface area contributed by atoms with Crippen molar-refractivity contribution in [1.29, 1.82) is 0 Å². The molecule has 0 aliphatic heterocycles. The molecule has 0 saturated heterocycles. The standard InChI is InChI=1S/C13H6BF17N2O3/c15-6(16,3-36-5-2-32-4(1-33-5)14(34)35)7(17,18)8(19,20)9(21,22)10(23,24)11(25,26)12(27,28)13(29,30)31/h1-2,34-35H,3H2. The minimum Gasteiger partial charge on any atom is -0.470 e. The van der Waals surface area contributed by atoms with Gasteiger partial charge in [-0.25, -0.2) is 4.98 Å². The Kier molecular flexibility index (Phi) is 7.84. The Bertz CT molecular complexity index is 919. The van der Waals surface area contributed by atoms with Gasteiger partial charge in [0.05, 0.1) is 11.8 Å². The van der Waals surface area contributed by atoms with Crippen molar-refractivity contribution < 1.29 is 89.4 Å². The lowest BCUT2D eigenvalue weighted by Gasteiger charge is -2.42. The van der Waals surface area contributed by atoms with E-state index in [-0.39, 0.29) is 6.20 Å². The van der Waals surface area contributed by atoms with Crippen LogP contribution in [0.5, 0.6) is 5.88 Å². The Balaban J connectivity index is 3.40. The second kappa shape index (κ2) is 8.90. The molecule has 0 fully saturated rings. The van der Waals surface area contributed by atoms with E-state index in [2.05, 4.69) is 14.7 Å². The summed E-state index contributed by atoms with van der Waals surface area (Å²) in [5, 5.41) is 17.4. The minimum absolute atomic E-state index is 0.129. The van der Waals surface area contributed by atoms with E-state index in [1.165, 1.54) is 0 Å². The molecule has 2 N–H and O–H groups in total. The number of aromatic nitrogens is 2. The average molecular weight is 572 g/mol. The van der Waals surface area contributed by atoms with E-state index in [4.69, 9.17) is 10.0 Å². The molecule has 0 radical (unpaired) electrons. The molecule has 0 amide bonds. The summed E-state index contributed by atoms with van der Waals surface area (Å²) >= 11 is 0. The molecule has 1 rings (SSSR count). The van der Waals surface area contributed by atoms with Crippen LogP contribution in [-0.4, -0.2) is 81.4 Å². The molecule has 0 aromatic carbocycles. The highest BCUT2D eigenvalue weighted by Gasteiger charge is 2.95. The summed E-state index contributed by atoms with van der Waals surface area (Å²) in [6.45, 7) is -3.19. The quantitative estimate of drug-likeness (QED) is 0.332. The molecular weight excluding hydrogens is 566 g/mol. The van der Waals surface area contributed by atoms with E-state index in [1.54, 1.807) is 0 Å². The highest BCUT2D eigenvalue weighted by Crippen LogP contribution is 2.63. The molecule has 1 aromatic rings. The number of ether oxygens (including phenoxy) is 1. The summed E-state index contributed by atoms with van der Waals surface area (Å²) < 4.78 is 227. The summed E-state index contributed by atoms with van der Waals surface area (Å²) in [5.74, 6) is -58.6. The highest BCUT2D eigenvalue weighted by molar-refractivity contribution is 6.57. The number of hydrogen-bond donors (Lipinski definition) is 2. The number of nitrogens with zero attached hydrogens (tertiary/aromatic N) is 2. The fourth-order valence-electron chi connectivity index (χ4n) is 1.99. The maximum atomic E-state index is 13.7. The van der Waals surface area contributed by atoms with Crippen LogP contribution in [-0.2, 0) is 0 Å². The lowest BCUT2D eigenvalue weighted by molar-refractivity contribution is -0.462. The summed E-state index contributed by atoms with van der Waals surface area (Å²) in [6, 6.07) is 0. The third-order valence-corrected chi connectivity index (χ3v) is 4.10. The SMILES string of the molecule is OB(O)c1cnc(OCC(F)(F)C(F)(F)C(F)(F)C(F)(F)C(F)(F)C(F)(F)C(F)(F)C(F)(F)F)cn1. The largest absolute Gasteiger partial charge is 0.509 e. The highest BCUT2D eigenvalue weighted by atomic mass is 19.4. The van der Waals surface area contributed by atoms with Crippen molar-refractivity contribution in [2.45, 2.75) is 47.6 Å². The summed E-state index contributed by atoms with van der Waals surface area (Å²) in [7, 11) is -2.34. The van der Waals surface area contributed by atoms with E-state index < -0.39 is 72.8 Å². The van der Waals surface area contributed by atoms with Crippen molar-refractivity contribution in [2.75, 3.05) is 6.61 Å². The fourth-order valence-corrected chi connectivity index (χ4v) is 1.99. The molecule has 1 aromatic heterocycles. The van der Waals surface area contributed by atoms with Gasteiger partial charge in [-0.05, 0) is 0 Å². The van der Waals surface area contributed by atoms with Gasteiger partial charge in [-0.15, -0.1) is 0 Å². The van der Waals surface area contributed by atoms with E-state index in [0.29, 0.717) is 6.20 Å². The van der Waals surface area contributed by atoms with Crippen LogP contribution in [0.3, 0.4) is 0 Å². The number of rotatable bonds is 10. The topological polar surface area (TPSA) is 75.5 Å². The normalized spacial score (nSPS) is 15.2. The van der Waals surface area contributed by atoms with Gasteiger partial charge in [-0.2, -0.15) is 74.6 Å². The van der Waals surface area contributed by atoms with Gasteiger partial charge in [0, 0.05) is 6.20 Å². The van der Waals surface area contributed by atoms with Crippen molar-refractivity contribution in [2.24, 2.45) is 0 Å². The van der Waals surface area contributed by atoms with Crippen molar-refractivity contribution in [3.63, 3.8) is 0 Å². The Hall–Kier alpha value is -2.33. The molecule has 0 atom stereocenters. The average Bonchev–Trinajstić information content (AvgIpc) is 2.70. The van der Waals surface area contributed by atoms with E-state index in [1.807, 2.05) is 0 Å². The maximum Gasteiger partial charge on any atom is 0.509 e. The van der Waals surface area contributed by atoms with Gasteiger partial charge in [0.2, 0.25) is 5.88 Å². The molecule has 23 heteroatoms. The number of halogens is 17. The third kappa shape index (κ3) is 4.58. The first-order valence-corrected chi connectivity index (χ1v) is 8.16. The molecule has 0 unspecified atom stereocenters. The molecule has 0 aliphatic rings. The second-order valence-electron chi connectivity index (χ2n) is 6.59. The predicted octanol–water partition coefficient (Wildman–Crippen LogP) is 3.54. The second-order valence-corrected chi connectivity index (χ2v) is 6.59. The smallest absolute Gasteiger partial charge is 0.470 e. The van der Waals surface area contributed by atoms with Crippen LogP contribution >= 0.6 is 0 Å². The summed E-state index contributed by atoms with van der Waals surface area (Å²) in [5.41, 5.74) is -0.746. The van der Waals surface area contributed by atoms with Crippen LogP contribution in [0.4, 0.5) is 74.6 Å². The van der Waals surface area contributed by atoms with E-state index >= 15 is 0 Å². The van der Waals surface area contributed by atoms with E-state index in [0.717, 1.165) is 0 Å². The van der Waals surface area contributed by atoms with Gasteiger partial charge in [-0.3, -0.25) is 4.98 Å². The van der Waals surface area contributed by atoms with Crippen molar-refractivity contribution in [3.05, 3.63) is 12.4 Å². The van der Waals surface area contributed by atoms with Gasteiger partial charge in [0.15, 0.2) is 6.61 Å². The van der Waals surface area contributed by atoms with Crippen LogP contribution in [0.2, 0.25) is 0 Å². The monoisotopic (exact) mass is 572 g/mol. The Morgan fingerprint density at radius 3 is 1.31 bits per heavy atom.